The largest absolute Gasteiger partial charge is 0.300 e. The minimum absolute atomic E-state index is 0.0575. The van der Waals surface area contributed by atoms with Crippen molar-refractivity contribution in [1.82, 2.24) is 15.5 Å². The van der Waals surface area contributed by atoms with E-state index in [0.717, 1.165) is 21.9 Å². The summed E-state index contributed by atoms with van der Waals surface area (Å²) >= 11 is 3.65. The van der Waals surface area contributed by atoms with Gasteiger partial charge in [-0.3, -0.25) is 19.7 Å². The lowest BCUT2D eigenvalue weighted by atomic mass is 10.3. The number of amides is 3. The number of imide groups is 1. The molecule has 1 aromatic rings. The monoisotopic (exact) mass is 318 g/mol. The van der Waals surface area contributed by atoms with E-state index >= 15 is 0 Å². The Kier molecular flexibility index (Phi) is 4.77. The molecule has 7 nitrogen and oxygen atoms in total. The first-order chi connectivity index (χ1) is 9.08. The maximum absolute atomic E-state index is 11.7. The number of rotatable bonds is 5. The summed E-state index contributed by atoms with van der Waals surface area (Å²) in [5.74, 6) is 0.0972. The second-order valence-electron chi connectivity index (χ2n) is 3.44. The summed E-state index contributed by atoms with van der Waals surface area (Å²) in [6.07, 6.45) is -0.0575. The number of carbonyl (C=O) groups is 3. The zero-order chi connectivity index (χ0) is 13.8. The fraction of sp³-hybridized carbons (Fsp3) is 0.444. The fourth-order valence-corrected chi connectivity index (χ4v) is 3.79. The standard InChI is InChI=1S/C9H10N4O3S3/c1-2-17-9-13-12-7(19-9)10-5(14)3-4-6(15)11-8(16)18-4/h4H,2-3H2,1H3,(H,10,12,14)(H,11,15,16)/t4-/m0/s1. The van der Waals surface area contributed by atoms with E-state index in [0.29, 0.717) is 5.13 Å². The lowest BCUT2D eigenvalue weighted by Gasteiger charge is -2.03. The van der Waals surface area contributed by atoms with Gasteiger partial charge in [-0.25, -0.2) is 0 Å². The second-order valence-corrected chi connectivity index (χ2v) is 7.11. The van der Waals surface area contributed by atoms with Crippen LogP contribution in [0.5, 0.6) is 0 Å². The first-order valence-corrected chi connectivity index (χ1v) is 8.04. The highest BCUT2D eigenvalue weighted by molar-refractivity contribution is 8.15. The lowest BCUT2D eigenvalue weighted by molar-refractivity contribution is -0.122. The van der Waals surface area contributed by atoms with E-state index in [2.05, 4.69) is 20.8 Å². The first kappa shape index (κ1) is 14.3. The number of thioether (sulfide) groups is 2. The van der Waals surface area contributed by atoms with Crippen molar-refractivity contribution in [2.45, 2.75) is 22.9 Å². The summed E-state index contributed by atoms with van der Waals surface area (Å²) in [5, 5.41) is 11.7. The van der Waals surface area contributed by atoms with Crippen molar-refractivity contribution < 1.29 is 14.4 Å². The zero-order valence-corrected chi connectivity index (χ0v) is 12.3. The van der Waals surface area contributed by atoms with Crippen LogP contribution in [0.25, 0.3) is 0 Å². The van der Waals surface area contributed by atoms with Gasteiger partial charge in [-0.05, 0) is 5.75 Å². The van der Waals surface area contributed by atoms with Gasteiger partial charge in [-0.1, -0.05) is 41.8 Å². The van der Waals surface area contributed by atoms with E-state index in [-0.39, 0.29) is 12.3 Å². The van der Waals surface area contributed by atoms with Crippen LogP contribution in [-0.4, -0.2) is 38.3 Å². The zero-order valence-electron chi connectivity index (χ0n) is 9.84. The highest BCUT2D eigenvalue weighted by Gasteiger charge is 2.33. The Bertz CT molecular complexity index is 519. The van der Waals surface area contributed by atoms with Gasteiger partial charge < -0.3 is 5.32 Å². The maximum atomic E-state index is 11.7. The Labute approximate surface area is 121 Å². The third-order valence-electron chi connectivity index (χ3n) is 2.06. The average Bonchev–Trinajstić information content (AvgIpc) is 2.87. The average molecular weight is 318 g/mol. The molecule has 10 heteroatoms. The van der Waals surface area contributed by atoms with Crippen LogP contribution in [0.15, 0.2) is 4.34 Å². The molecule has 1 saturated heterocycles. The molecule has 0 bridgehead atoms. The lowest BCUT2D eigenvalue weighted by Crippen LogP contribution is -2.27. The summed E-state index contributed by atoms with van der Waals surface area (Å²) < 4.78 is 0.779. The van der Waals surface area contributed by atoms with Crippen molar-refractivity contribution in [3.8, 4) is 0 Å². The predicted molar refractivity (Wildman–Crippen MR) is 74.5 cm³/mol. The molecule has 1 atom stereocenters. The van der Waals surface area contributed by atoms with Gasteiger partial charge in [0.25, 0.3) is 5.24 Å². The SMILES string of the molecule is CCSc1nnc(NC(=O)C[C@@H]2SC(=O)NC2=O)s1. The Morgan fingerprint density at radius 1 is 1.47 bits per heavy atom. The molecule has 0 aliphatic carbocycles. The number of nitrogens with zero attached hydrogens (tertiary/aromatic N) is 2. The summed E-state index contributed by atoms with van der Waals surface area (Å²) in [5.41, 5.74) is 0. The third-order valence-corrected chi connectivity index (χ3v) is 4.89. The maximum Gasteiger partial charge on any atom is 0.286 e. The van der Waals surface area contributed by atoms with Crippen LogP contribution in [0, 0.1) is 0 Å². The van der Waals surface area contributed by atoms with E-state index in [4.69, 9.17) is 0 Å². The molecule has 3 amide bonds. The molecule has 102 valence electrons. The van der Waals surface area contributed by atoms with Gasteiger partial charge in [-0.2, -0.15) is 0 Å². The Morgan fingerprint density at radius 2 is 2.26 bits per heavy atom. The number of hydrogen-bond acceptors (Lipinski definition) is 8. The minimum Gasteiger partial charge on any atom is -0.300 e. The Balaban J connectivity index is 1.86. The molecule has 0 spiro atoms. The van der Waals surface area contributed by atoms with Crippen molar-refractivity contribution in [2.75, 3.05) is 11.1 Å². The van der Waals surface area contributed by atoms with Crippen LogP contribution in [0.2, 0.25) is 0 Å². The molecule has 2 heterocycles. The van der Waals surface area contributed by atoms with E-state index in [1.165, 1.54) is 23.1 Å². The summed E-state index contributed by atoms with van der Waals surface area (Å²) in [4.78, 5) is 34.0. The van der Waals surface area contributed by atoms with Crippen LogP contribution in [0.4, 0.5) is 9.93 Å². The topological polar surface area (TPSA) is 101 Å². The number of carbonyl (C=O) groups excluding carboxylic acids is 3. The van der Waals surface area contributed by atoms with Crippen LogP contribution >= 0.6 is 34.9 Å². The quantitative estimate of drug-likeness (QED) is 0.624. The number of hydrogen-bond donors (Lipinski definition) is 2. The fourth-order valence-electron chi connectivity index (χ4n) is 1.31. The number of anilines is 1. The van der Waals surface area contributed by atoms with Crippen LogP contribution in [0.3, 0.4) is 0 Å². The normalized spacial score (nSPS) is 18.5. The molecule has 1 aromatic heterocycles. The molecular weight excluding hydrogens is 308 g/mol. The molecule has 0 aromatic carbocycles. The predicted octanol–water partition coefficient (Wildman–Crippen LogP) is 1.33. The smallest absolute Gasteiger partial charge is 0.286 e. The van der Waals surface area contributed by atoms with Crippen molar-refractivity contribution >= 4 is 57.0 Å². The molecule has 0 radical (unpaired) electrons. The van der Waals surface area contributed by atoms with Crippen molar-refractivity contribution in [3.05, 3.63) is 0 Å². The van der Waals surface area contributed by atoms with Gasteiger partial charge in [0, 0.05) is 6.42 Å². The molecule has 0 unspecified atom stereocenters. The number of aromatic nitrogens is 2. The van der Waals surface area contributed by atoms with Crippen molar-refractivity contribution in [3.63, 3.8) is 0 Å². The van der Waals surface area contributed by atoms with Crippen LogP contribution in [0.1, 0.15) is 13.3 Å². The summed E-state index contributed by atoms with van der Waals surface area (Å²) in [7, 11) is 0. The highest BCUT2D eigenvalue weighted by Crippen LogP contribution is 2.26. The van der Waals surface area contributed by atoms with Crippen LogP contribution < -0.4 is 10.6 Å². The van der Waals surface area contributed by atoms with Crippen molar-refractivity contribution in [2.24, 2.45) is 0 Å². The van der Waals surface area contributed by atoms with E-state index < -0.39 is 16.4 Å². The molecule has 0 saturated carbocycles. The van der Waals surface area contributed by atoms with Gasteiger partial charge >= 0.3 is 0 Å². The minimum atomic E-state index is -0.662. The van der Waals surface area contributed by atoms with Crippen molar-refractivity contribution in [1.29, 1.82) is 0 Å². The number of nitrogens with one attached hydrogen (secondary N) is 2. The van der Waals surface area contributed by atoms with E-state index in [1.54, 1.807) is 0 Å². The first-order valence-electron chi connectivity index (χ1n) is 5.36. The van der Waals surface area contributed by atoms with Gasteiger partial charge in [0.15, 0.2) is 4.34 Å². The van der Waals surface area contributed by atoms with Gasteiger partial charge in [0.1, 0.15) is 5.25 Å². The van der Waals surface area contributed by atoms with Gasteiger partial charge in [0.05, 0.1) is 0 Å². The molecule has 1 fully saturated rings. The highest BCUT2D eigenvalue weighted by atomic mass is 32.2. The summed E-state index contributed by atoms with van der Waals surface area (Å²) in [6, 6.07) is 0. The van der Waals surface area contributed by atoms with E-state index in [1.807, 2.05) is 6.92 Å². The molecule has 2 N–H and O–H groups in total. The molecule has 19 heavy (non-hydrogen) atoms. The van der Waals surface area contributed by atoms with E-state index in [9.17, 15) is 14.4 Å². The molecule has 1 aliphatic heterocycles. The summed E-state index contributed by atoms with van der Waals surface area (Å²) in [6.45, 7) is 2.00. The van der Waals surface area contributed by atoms with Gasteiger partial charge in [-0.15, -0.1) is 10.2 Å². The second kappa shape index (κ2) is 6.35. The molecule has 2 rings (SSSR count). The third kappa shape index (κ3) is 3.91. The molecule has 1 aliphatic rings. The Hall–Kier alpha value is -1.13. The molecular formula is C9H10N4O3S3. The van der Waals surface area contributed by atoms with Crippen LogP contribution in [-0.2, 0) is 9.59 Å². The van der Waals surface area contributed by atoms with Gasteiger partial charge in [0.2, 0.25) is 16.9 Å². The Morgan fingerprint density at radius 3 is 2.89 bits per heavy atom.